The number of aromatic nitrogens is 1. The van der Waals surface area contributed by atoms with Gasteiger partial charge in [0.1, 0.15) is 11.6 Å². The van der Waals surface area contributed by atoms with Gasteiger partial charge in [0.2, 0.25) is 0 Å². The van der Waals surface area contributed by atoms with Gasteiger partial charge in [-0.2, -0.15) is 0 Å². The molecular formula is C12H9ClFNO. The SMILES string of the molecule is COc1ccc(F)cc1-c1ccncc1Cl. The van der Waals surface area contributed by atoms with Crippen molar-refractivity contribution in [2.45, 2.75) is 0 Å². The molecule has 0 saturated heterocycles. The molecule has 0 spiro atoms. The number of hydrogen-bond donors (Lipinski definition) is 0. The average molecular weight is 238 g/mol. The van der Waals surface area contributed by atoms with Gasteiger partial charge in [0.15, 0.2) is 0 Å². The van der Waals surface area contributed by atoms with Crippen LogP contribution in [0.25, 0.3) is 11.1 Å². The Balaban J connectivity index is 2.63. The molecule has 82 valence electrons. The van der Waals surface area contributed by atoms with Gasteiger partial charge in [-0.05, 0) is 24.3 Å². The van der Waals surface area contributed by atoms with Crippen LogP contribution in [0.5, 0.6) is 5.75 Å². The van der Waals surface area contributed by atoms with Gasteiger partial charge < -0.3 is 4.74 Å². The molecule has 0 N–H and O–H groups in total. The average Bonchev–Trinajstić information content (AvgIpc) is 2.29. The molecule has 0 aliphatic rings. The van der Waals surface area contributed by atoms with Gasteiger partial charge in [-0.25, -0.2) is 4.39 Å². The van der Waals surface area contributed by atoms with E-state index in [-0.39, 0.29) is 5.82 Å². The third-order valence-corrected chi connectivity index (χ3v) is 2.53. The first-order valence-corrected chi connectivity index (χ1v) is 5.03. The number of benzene rings is 1. The van der Waals surface area contributed by atoms with Crippen LogP contribution < -0.4 is 4.74 Å². The fraction of sp³-hybridized carbons (Fsp3) is 0.0833. The Morgan fingerprint density at radius 1 is 1.25 bits per heavy atom. The molecule has 2 nitrogen and oxygen atoms in total. The number of rotatable bonds is 2. The van der Waals surface area contributed by atoms with E-state index in [0.717, 1.165) is 0 Å². The zero-order valence-corrected chi connectivity index (χ0v) is 9.33. The van der Waals surface area contributed by atoms with E-state index in [2.05, 4.69) is 4.98 Å². The van der Waals surface area contributed by atoms with Crippen LogP contribution in [0.1, 0.15) is 0 Å². The summed E-state index contributed by atoms with van der Waals surface area (Å²) in [5.74, 6) is 0.248. The van der Waals surface area contributed by atoms with Crippen molar-refractivity contribution in [1.29, 1.82) is 0 Å². The second kappa shape index (κ2) is 4.49. The molecular weight excluding hydrogens is 229 g/mol. The van der Waals surface area contributed by atoms with Crippen LogP contribution in [0.3, 0.4) is 0 Å². The van der Waals surface area contributed by atoms with E-state index >= 15 is 0 Å². The van der Waals surface area contributed by atoms with Gasteiger partial charge in [-0.15, -0.1) is 0 Å². The zero-order chi connectivity index (χ0) is 11.5. The third-order valence-electron chi connectivity index (χ3n) is 2.22. The summed E-state index contributed by atoms with van der Waals surface area (Å²) in [5, 5.41) is 0.464. The van der Waals surface area contributed by atoms with Crippen LogP contribution in [-0.2, 0) is 0 Å². The number of pyridine rings is 1. The predicted molar refractivity (Wildman–Crippen MR) is 61.2 cm³/mol. The van der Waals surface area contributed by atoms with Gasteiger partial charge in [-0.3, -0.25) is 4.98 Å². The van der Waals surface area contributed by atoms with Gasteiger partial charge in [0.05, 0.1) is 12.1 Å². The maximum absolute atomic E-state index is 13.2. The van der Waals surface area contributed by atoms with Crippen molar-refractivity contribution in [2.75, 3.05) is 7.11 Å². The standard InChI is InChI=1S/C12H9ClFNO/c1-16-12-3-2-8(14)6-10(12)9-4-5-15-7-11(9)13/h2-7H,1H3. The summed E-state index contributed by atoms with van der Waals surface area (Å²) in [7, 11) is 1.53. The van der Waals surface area contributed by atoms with Gasteiger partial charge >= 0.3 is 0 Å². The van der Waals surface area contributed by atoms with E-state index in [9.17, 15) is 4.39 Å². The Morgan fingerprint density at radius 2 is 2.06 bits per heavy atom. The molecule has 0 atom stereocenters. The summed E-state index contributed by atoms with van der Waals surface area (Å²) in [6, 6.07) is 6.03. The van der Waals surface area contributed by atoms with Crippen LogP contribution in [-0.4, -0.2) is 12.1 Å². The maximum atomic E-state index is 13.2. The molecule has 0 radical (unpaired) electrons. The third kappa shape index (κ3) is 1.99. The first-order valence-electron chi connectivity index (χ1n) is 4.66. The van der Waals surface area contributed by atoms with Crippen molar-refractivity contribution in [3.8, 4) is 16.9 Å². The summed E-state index contributed by atoms with van der Waals surface area (Å²) in [5.41, 5.74) is 1.32. The highest BCUT2D eigenvalue weighted by Gasteiger charge is 2.10. The Kier molecular flexibility index (Phi) is 3.06. The highest BCUT2D eigenvalue weighted by atomic mass is 35.5. The predicted octanol–water partition coefficient (Wildman–Crippen LogP) is 3.55. The second-order valence-corrected chi connectivity index (χ2v) is 3.61. The molecule has 0 aliphatic heterocycles. The lowest BCUT2D eigenvalue weighted by Crippen LogP contribution is -1.90. The number of ether oxygens (including phenoxy) is 1. The van der Waals surface area contributed by atoms with Gasteiger partial charge in [-0.1, -0.05) is 11.6 Å². The lowest BCUT2D eigenvalue weighted by atomic mass is 10.1. The maximum Gasteiger partial charge on any atom is 0.126 e. The van der Waals surface area contributed by atoms with Crippen LogP contribution in [0.4, 0.5) is 4.39 Å². The number of methoxy groups -OCH3 is 1. The fourth-order valence-corrected chi connectivity index (χ4v) is 1.71. The lowest BCUT2D eigenvalue weighted by Gasteiger charge is -2.09. The highest BCUT2D eigenvalue weighted by Crippen LogP contribution is 2.34. The van der Waals surface area contributed by atoms with Crippen LogP contribution in [0, 0.1) is 5.82 Å². The van der Waals surface area contributed by atoms with Crippen molar-refractivity contribution in [1.82, 2.24) is 4.98 Å². The quantitative estimate of drug-likeness (QED) is 0.797. The largest absolute Gasteiger partial charge is 0.496 e. The molecule has 2 aromatic rings. The number of hydrogen-bond acceptors (Lipinski definition) is 2. The first kappa shape index (κ1) is 10.9. The van der Waals surface area contributed by atoms with Gasteiger partial charge in [0.25, 0.3) is 0 Å². The van der Waals surface area contributed by atoms with E-state index in [1.807, 2.05) is 0 Å². The highest BCUT2D eigenvalue weighted by molar-refractivity contribution is 6.33. The van der Waals surface area contributed by atoms with E-state index in [0.29, 0.717) is 21.9 Å². The number of nitrogens with zero attached hydrogens (tertiary/aromatic N) is 1. The van der Waals surface area contributed by atoms with Crippen LogP contribution >= 0.6 is 11.6 Å². The molecule has 1 aromatic carbocycles. The Bertz CT molecular complexity index is 516. The van der Waals surface area contributed by atoms with Crippen molar-refractivity contribution < 1.29 is 9.13 Å². The van der Waals surface area contributed by atoms with Crippen LogP contribution in [0.15, 0.2) is 36.7 Å². The summed E-state index contributed by atoms with van der Waals surface area (Å²) in [6.45, 7) is 0. The molecule has 4 heteroatoms. The van der Waals surface area contributed by atoms with E-state index in [1.165, 1.54) is 25.4 Å². The molecule has 0 aliphatic carbocycles. The van der Waals surface area contributed by atoms with Crippen molar-refractivity contribution in [3.05, 3.63) is 47.5 Å². The van der Waals surface area contributed by atoms with Crippen molar-refractivity contribution in [2.24, 2.45) is 0 Å². The van der Waals surface area contributed by atoms with E-state index in [4.69, 9.17) is 16.3 Å². The number of halogens is 2. The molecule has 1 heterocycles. The minimum atomic E-state index is -0.330. The monoisotopic (exact) mass is 237 g/mol. The normalized spacial score (nSPS) is 10.2. The molecule has 2 rings (SSSR count). The minimum absolute atomic E-state index is 0.330. The second-order valence-electron chi connectivity index (χ2n) is 3.20. The molecule has 0 bridgehead atoms. The van der Waals surface area contributed by atoms with E-state index in [1.54, 1.807) is 18.3 Å². The first-order chi connectivity index (χ1) is 7.72. The lowest BCUT2D eigenvalue weighted by molar-refractivity contribution is 0.415. The zero-order valence-electron chi connectivity index (χ0n) is 8.58. The molecule has 0 saturated carbocycles. The fourth-order valence-electron chi connectivity index (χ4n) is 1.48. The van der Waals surface area contributed by atoms with Crippen LogP contribution in [0.2, 0.25) is 5.02 Å². The summed E-state index contributed by atoms with van der Waals surface area (Å²) in [6.07, 6.45) is 3.12. The Hall–Kier alpha value is -1.61. The summed E-state index contributed by atoms with van der Waals surface area (Å²) in [4.78, 5) is 3.88. The van der Waals surface area contributed by atoms with E-state index < -0.39 is 0 Å². The van der Waals surface area contributed by atoms with Gasteiger partial charge in [0, 0.05) is 23.5 Å². The molecule has 1 aromatic heterocycles. The molecule has 0 amide bonds. The Morgan fingerprint density at radius 3 is 2.75 bits per heavy atom. The molecule has 0 unspecified atom stereocenters. The summed E-state index contributed by atoms with van der Waals surface area (Å²) >= 11 is 6.00. The van der Waals surface area contributed by atoms with Crippen molar-refractivity contribution in [3.63, 3.8) is 0 Å². The summed E-state index contributed by atoms with van der Waals surface area (Å²) < 4.78 is 18.4. The molecule has 16 heavy (non-hydrogen) atoms. The van der Waals surface area contributed by atoms with Crippen molar-refractivity contribution >= 4 is 11.6 Å². The Labute approximate surface area is 97.7 Å². The minimum Gasteiger partial charge on any atom is -0.496 e. The molecule has 0 fully saturated rings. The smallest absolute Gasteiger partial charge is 0.126 e. The topological polar surface area (TPSA) is 22.1 Å².